The van der Waals surface area contributed by atoms with Crippen molar-refractivity contribution >= 4 is 17.8 Å². The Morgan fingerprint density at radius 2 is 1.60 bits per heavy atom. The van der Waals surface area contributed by atoms with E-state index < -0.39 is 23.8 Å². The van der Waals surface area contributed by atoms with Gasteiger partial charge in [-0.2, -0.15) is 0 Å². The minimum Gasteiger partial charge on any atom is -0.454 e. The first-order valence-electron chi connectivity index (χ1n) is 7.72. The van der Waals surface area contributed by atoms with Gasteiger partial charge in [0, 0.05) is 0 Å². The summed E-state index contributed by atoms with van der Waals surface area (Å²) in [5, 5.41) is 0. The Hall–Kier alpha value is -2.99. The van der Waals surface area contributed by atoms with Crippen molar-refractivity contribution in [3.8, 4) is 0 Å². The number of nitrogens with two attached hydrogens (primary N) is 1. The van der Waals surface area contributed by atoms with E-state index >= 15 is 0 Å². The zero-order valence-corrected chi connectivity index (χ0v) is 13.8. The fraction of sp³-hybridized carbons (Fsp3) is 0.158. The van der Waals surface area contributed by atoms with Crippen LogP contribution in [0.3, 0.4) is 0 Å². The van der Waals surface area contributed by atoms with Gasteiger partial charge in [0.15, 0.2) is 0 Å². The molecule has 0 fully saturated rings. The van der Waals surface area contributed by atoms with Crippen molar-refractivity contribution in [3.05, 3.63) is 78.3 Å². The monoisotopic (exact) mass is 339 g/mol. The third kappa shape index (κ3) is 5.26. The van der Waals surface area contributed by atoms with E-state index in [4.69, 9.17) is 10.5 Å². The smallest absolute Gasteiger partial charge is 0.397 e. The van der Waals surface area contributed by atoms with Crippen molar-refractivity contribution in [1.82, 2.24) is 4.90 Å². The van der Waals surface area contributed by atoms with Crippen LogP contribution in [0.2, 0.25) is 0 Å². The van der Waals surface area contributed by atoms with Gasteiger partial charge in [0.05, 0.1) is 12.6 Å². The number of esters is 1. The van der Waals surface area contributed by atoms with Gasteiger partial charge in [0.2, 0.25) is 5.91 Å². The second-order valence-electron chi connectivity index (χ2n) is 5.40. The molecule has 2 aromatic carbocycles. The standard InChI is InChI=1S/C19H19N2O4/c1-14(20)17(22)21(12-15-8-4-2-5-9-15)18(23)19(24)25-13-16-10-6-3-7-11-16/h2-12,14H,13,20H2,1H3/t14-/m0/s1. The van der Waals surface area contributed by atoms with E-state index in [1.807, 2.05) is 6.07 Å². The lowest BCUT2D eigenvalue weighted by molar-refractivity contribution is -0.163. The largest absolute Gasteiger partial charge is 0.454 e. The zero-order chi connectivity index (χ0) is 18.2. The van der Waals surface area contributed by atoms with Gasteiger partial charge in [-0.1, -0.05) is 60.7 Å². The van der Waals surface area contributed by atoms with E-state index in [9.17, 15) is 14.4 Å². The molecule has 0 heterocycles. The molecule has 6 heteroatoms. The highest BCUT2D eigenvalue weighted by atomic mass is 16.5. The highest BCUT2D eigenvalue weighted by Crippen LogP contribution is 2.10. The molecule has 0 aromatic heterocycles. The van der Waals surface area contributed by atoms with Gasteiger partial charge >= 0.3 is 11.9 Å². The number of carbonyl (C=O) groups is 3. The predicted molar refractivity (Wildman–Crippen MR) is 91.6 cm³/mol. The Labute approximate surface area is 146 Å². The number of rotatable bonds is 5. The molecular formula is C19H19N2O4. The molecule has 2 rings (SSSR count). The van der Waals surface area contributed by atoms with E-state index in [1.165, 1.54) is 13.5 Å². The van der Waals surface area contributed by atoms with Gasteiger partial charge in [-0.3, -0.25) is 14.5 Å². The number of carbonyl (C=O) groups excluding carboxylic acids is 3. The summed E-state index contributed by atoms with van der Waals surface area (Å²) in [6.45, 7) is 2.66. The number of nitrogens with zero attached hydrogens (tertiary/aromatic N) is 1. The maximum Gasteiger partial charge on any atom is 0.397 e. The molecule has 0 aliphatic carbocycles. The lowest BCUT2D eigenvalue weighted by Gasteiger charge is -2.21. The average molecular weight is 339 g/mol. The number of imide groups is 1. The third-order valence-corrected chi connectivity index (χ3v) is 3.31. The molecule has 6 nitrogen and oxygen atoms in total. The Morgan fingerprint density at radius 1 is 1.04 bits per heavy atom. The molecule has 2 N–H and O–H groups in total. The van der Waals surface area contributed by atoms with Crippen LogP contribution >= 0.6 is 0 Å². The molecule has 0 unspecified atom stereocenters. The Kier molecular flexibility index (Phi) is 6.42. The van der Waals surface area contributed by atoms with Gasteiger partial charge < -0.3 is 10.5 Å². The van der Waals surface area contributed by atoms with E-state index in [-0.39, 0.29) is 6.61 Å². The molecule has 129 valence electrons. The number of ether oxygens (including phenoxy) is 1. The summed E-state index contributed by atoms with van der Waals surface area (Å²) in [6.07, 6.45) is 0. The Balaban J connectivity index is 2.08. The molecule has 25 heavy (non-hydrogen) atoms. The van der Waals surface area contributed by atoms with E-state index in [0.29, 0.717) is 10.5 Å². The van der Waals surface area contributed by atoms with Crippen LogP contribution in [0.25, 0.3) is 0 Å². The molecule has 0 aliphatic rings. The van der Waals surface area contributed by atoms with Crippen molar-refractivity contribution in [2.24, 2.45) is 5.73 Å². The SMILES string of the molecule is C[C@H](N)C(=O)N([CH]c1ccccc1)C(=O)C(=O)OCc1ccccc1. The predicted octanol–water partition coefficient (Wildman–Crippen LogP) is 1.64. The minimum atomic E-state index is -1.12. The first-order valence-corrected chi connectivity index (χ1v) is 7.72. The van der Waals surface area contributed by atoms with Crippen molar-refractivity contribution in [2.75, 3.05) is 0 Å². The number of benzene rings is 2. The van der Waals surface area contributed by atoms with Crippen molar-refractivity contribution in [1.29, 1.82) is 0 Å². The number of amides is 2. The van der Waals surface area contributed by atoms with Crippen LogP contribution in [0, 0.1) is 6.54 Å². The summed E-state index contributed by atoms with van der Waals surface area (Å²) in [6, 6.07) is 16.7. The van der Waals surface area contributed by atoms with Crippen LogP contribution in [0.4, 0.5) is 0 Å². The van der Waals surface area contributed by atoms with Gasteiger partial charge in [-0.05, 0) is 18.1 Å². The lowest BCUT2D eigenvalue weighted by Crippen LogP contribution is -2.47. The van der Waals surface area contributed by atoms with Gasteiger partial charge in [-0.25, -0.2) is 4.79 Å². The highest BCUT2D eigenvalue weighted by molar-refractivity contribution is 6.35. The van der Waals surface area contributed by atoms with E-state index in [1.54, 1.807) is 54.6 Å². The van der Waals surface area contributed by atoms with Crippen LogP contribution in [0.5, 0.6) is 0 Å². The third-order valence-electron chi connectivity index (χ3n) is 3.31. The van der Waals surface area contributed by atoms with Crippen LogP contribution in [-0.4, -0.2) is 28.7 Å². The average Bonchev–Trinajstić information content (AvgIpc) is 2.64. The summed E-state index contributed by atoms with van der Waals surface area (Å²) >= 11 is 0. The van der Waals surface area contributed by atoms with Crippen LogP contribution in [-0.2, 0) is 25.7 Å². The molecule has 2 aromatic rings. The van der Waals surface area contributed by atoms with Crippen LogP contribution in [0.1, 0.15) is 18.1 Å². The Bertz CT molecular complexity index is 730. The Morgan fingerprint density at radius 3 is 2.16 bits per heavy atom. The fourth-order valence-electron chi connectivity index (χ4n) is 2.01. The maximum atomic E-state index is 12.4. The van der Waals surface area contributed by atoms with Crippen molar-refractivity contribution in [3.63, 3.8) is 0 Å². The maximum absolute atomic E-state index is 12.4. The molecule has 0 spiro atoms. The fourth-order valence-corrected chi connectivity index (χ4v) is 2.01. The molecule has 0 bridgehead atoms. The molecule has 2 amide bonds. The highest BCUT2D eigenvalue weighted by Gasteiger charge is 2.31. The molecule has 0 saturated carbocycles. The van der Waals surface area contributed by atoms with Crippen LogP contribution in [0.15, 0.2) is 60.7 Å². The number of hydrogen-bond acceptors (Lipinski definition) is 5. The topological polar surface area (TPSA) is 89.7 Å². The lowest BCUT2D eigenvalue weighted by atomic mass is 10.2. The molecular weight excluding hydrogens is 320 g/mol. The van der Waals surface area contributed by atoms with E-state index in [2.05, 4.69) is 0 Å². The van der Waals surface area contributed by atoms with Gasteiger partial charge in [0.25, 0.3) is 0 Å². The quantitative estimate of drug-likeness (QED) is 0.661. The normalized spacial score (nSPS) is 11.4. The minimum absolute atomic E-state index is 0.0586. The summed E-state index contributed by atoms with van der Waals surface area (Å²) < 4.78 is 5.00. The van der Waals surface area contributed by atoms with Gasteiger partial charge in [0.1, 0.15) is 6.61 Å². The number of hydrogen-bond donors (Lipinski definition) is 1. The molecule has 1 radical (unpaired) electrons. The van der Waals surface area contributed by atoms with Gasteiger partial charge in [-0.15, -0.1) is 0 Å². The second-order valence-corrected chi connectivity index (χ2v) is 5.40. The van der Waals surface area contributed by atoms with E-state index in [0.717, 1.165) is 5.56 Å². The van der Waals surface area contributed by atoms with Crippen LogP contribution < -0.4 is 5.73 Å². The van der Waals surface area contributed by atoms with Crippen molar-refractivity contribution < 1.29 is 19.1 Å². The first-order chi connectivity index (χ1) is 12.0. The zero-order valence-electron chi connectivity index (χ0n) is 13.8. The second kappa shape index (κ2) is 8.75. The molecule has 1 atom stereocenters. The summed E-state index contributed by atoms with van der Waals surface area (Å²) in [4.78, 5) is 37.3. The summed E-state index contributed by atoms with van der Waals surface area (Å²) in [5.74, 6) is -2.89. The first kappa shape index (κ1) is 18.4. The molecule has 0 aliphatic heterocycles. The summed E-state index contributed by atoms with van der Waals surface area (Å²) in [7, 11) is 0. The summed E-state index contributed by atoms with van der Waals surface area (Å²) in [5.41, 5.74) is 6.90. The molecule has 0 saturated heterocycles. The van der Waals surface area contributed by atoms with Crippen molar-refractivity contribution in [2.45, 2.75) is 19.6 Å².